The van der Waals surface area contributed by atoms with Crippen LogP contribution in [0.4, 0.5) is 5.82 Å². The number of halogens is 1. The second-order valence-electron chi connectivity index (χ2n) is 8.94. The molecule has 0 bridgehead atoms. The topological polar surface area (TPSA) is 172 Å². The molecule has 1 atom stereocenters. The number of imidazole rings is 1. The van der Waals surface area contributed by atoms with Crippen molar-refractivity contribution < 1.29 is 31.4 Å². The first kappa shape index (κ1) is 30.3. The second kappa shape index (κ2) is 12.5. The zero-order valence-electron chi connectivity index (χ0n) is 20.2. The van der Waals surface area contributed by atoms with Crippen molar-refractivity contribution in [2.24, 2.45) is 5.92 Å². The Balaban J connectivity index is 0.00000353. The van der Waals surface area contributed by atoms with Crippen molar-refractivity contribution in [1.29, 1.82) is 0 Å². The number of carbonyl (C=O) groups excluding carboxylic acids is 1. The molecule has 4 heterocycles. The van der Waals surface area contributed by atoms with E-state index in [0.29, 0.717) is 59.2 Å². The van der Waals surface area contributed by atoms with Crippen LogP contribution < -0.4 is 15.2 Å². The monoisotopic (exact) mass is 652 g/mol. The summed E-state index contributed by atoms with van der Waals surface area (Å²) in [5.41, 5.74) is 7.27. The van der Waals surface area contributed by atoms with E-state index in [-0.39, 0.29) is 36.4 Å². The van der Waals surface area contributed by atoms with Gasteiger partial charge in [0.2, 0.25) is 6.79 Å². The molecular formula is C22H26BrN6NaO7S2. The Kier molecular flexibility index (Phi) is 9.69. The maximum absolute atomic E-state index is 12.5. The molecule has 0 aliphatic carbocycles. The van der Waals surface area contributed by atoms with Crippen LogP contribution in [0.15, 0.2) is 33.0 Å². The first-order valence-corrected chi connectivity index (χ1v) is 14.7. The van der Waals surface area contributed by atoms with E-state index in [2.05, 4.69) is 30.1 Å². The van der Waals surface area contributed by atoms with Gasteiger partial charge < -0.3 is 24.7 Å². The van der Waals surface area contributed by atoms with Crippen LogP contribution in [0.1, 0.15) is 26.2 Å². The van der Waals surface area contributed by atoms with E-state index in [9.17, 15) is 13.2 Å². The van der Waals surface area contributed by atoms with Gasteiger partial charge in [-0.1, -0.05) is 11.8 Å². The molecule has 1 saturated heterocycles. The quantitative estimate of drug-likeness (QED) is 0.269. The first-order chi connectivity index (χ1) is 18.1. The standard InChI is InChI=1S/C22H25BrN6O7S2.Na.H/c1-12(36-38(31,32)33)21(30)28-5-2-13(3-6-28)4-7-29-20-18(19(24)25-10-26-20)27-22(29)37-17-9-16-15(8-14(17)23)34-11-35-16;;/h8-10,12-13H,2-7,11H2,1H3,(H2,24,25,26)(H,31,32,33);;. The van der Waals surface area contributed by atoms with E-state index in [1.807, 2.05) is 16.7 Å². The zero-order valence-corrected chi connectivity index (χ0v) is 23.5. The number of carbonyl (C=O) groups is 1. The number of likely N-dealkylation sites (tertiary alicyclic amines) is 1. The molecule has 39 heavy (non-hydrogen) atoms. The van der Waals surface area contributed by atoms with Gasteiger partial charge in [-0.05, 0) is 60.2 Å². The van der Waals surface area contributed by atoms with Crippen molar-refractivity contribution in [3.63, 3.8) is 0 Å². The van der Waals surface area contributed by atoms with Crippen molar-refractivity contribution in [3.8, 4) is 11.5 Å². The number of benzene rings is 1. The fourth-order valence-electron chi connectivity index (χ4n) is 4.52. The van der Waals surface area contributed by atoms with E-state index in [1.54, 1.807) is 4.90 Å². The summed E-state index contributed by atoms with van der Waals surface area (Å²) in [5, 5.41) is 0.704. The van der Waals surface area contributed by atoms with Gasteiger partial charge in [-0.25, -0.2) is 19.1 Å². The molecule has 1 fully saturated rings. The van der Waals surface area contributed by atoms with Gasteiger partial charge in [0.05, 0.1) is 0 Å². The average Bonchev–Trinajstić information content (AvgIpc) is 3.46. The van der Waals surface area contributed by atoms with Crippen LogP contribution >= 0.6 is 27.7 Å². The number of piperidine rings is 1. The normalized spacial score (nSPS) is 16.3. The number of anilines is 1. The molecule has 1 unspecified atom stereocenters. The molecule has 5 rings (SSSR count). The molecule has 0 spiro atoms. The van der Waals surface area contributed by atoms with E-state index in [1.165, 1.54) is 25.0 Å². The Hall–Kier alpha value is -1.66. The predicted molar refractivity (Wildman–Crippen MR) is 147 cm³/mol. The molecule has 0 radical (unpaired) electrons. The third-order valence-electron chi connectivity index (χ3n) is 6.45. The van der Waals surface area contributed by atoms with Crippen LogP contribution in [0.3, 0.4) is 0 Å². The van der Waals surface area contributed by atoms with Crippen LogP contribution in [0.5, 0.6) is 11.5 Å². The van der Waals surface area contributed by atoms with Crippen LogP contribution in [0.2, 0.25) is 0 Å². The zero-order chi connectivity index (χ0) is 27.0. The Labute approximate surface area is 259 Å². The number of amides is 1. The first-order valence-electron chi connectivity index (χ1n) is 11.8. The fraction of sp³-hybridized carbons (Fsp3) is 0.455. The minimum absolute atomic E-state index is 0. The van der Waals surface area contributed by atoms with Gasteiger partial charge in [0.1, 0.15) is 6.33 Å². The van der Waals surface area contributed by atoms with Crippen molar-refractivity contribution in [1.82, 2.24) is 24.4 Å². The number of hydrogen-bond acceptors (Lipinski definition) is 11. The summed E-state index contributed by atoms with van der Waals surface area (Å²) in [5.74, 6) is 1.49. The molecule has 3 aromatic rings. The Bertz CT molecular complexity index is 1480. The molecule has 1 amide bonds. The molecular weight excluding hydrogens is 627 g/mol. The SMILES string of the molecule is CC(OS(=O)(=O)O)C(=O)N1CCC(CCn2c(Sc3cc4c(cc3Br)OCO4)nc3c(N)ncnc32)CC1.[NaH]. The number of ether oxygens (including phenoxy) is 2. The van der Waals surface area contributed by atoms with Crippen LogP contribution in [0, 0.1) is 5.92 Å². The summed E-state index contributed by atoms with van der Waals surface area (Å²) in [7, 11) is -4.70. The van der Waals surface area contributed by atoms with Crippen LogP contribution in [-0.2, 0) is 25.9 Å². The predicted octanol–water partition coefficient (Wildman–Crippen LogP) is 2.24. The number of nitrogens with two attached hydrogens (primary N) is 1. The van der Waals surface area contributed by atoms with Gasteiger partial charge in [0, 0.05) is 29.0 Å². The number of nitrogen functional groups attached to an aromatic ring is 1. The third kappa shape index (κ3) is 6.98. The summed E-state index contributed by atoms with van der Waals surface area (Å²) in [6, 6.07) is 3.76. The van der Waals surface area contributed by atoms with E-state index >= 15 is 0 Å². The fourth-order valence-corrected chi connectivity index (χ4v) is 6.48. The molecule has 13 nitrogen and oxygen atoms in total. The Morgan fingerprint density at radius 3 is 2.67 bits per heavy atom. The van der Waals surface area contributed by atoms with E-state index < -0.39 is 22.4 Å². The molecule has 206 valence electrons. The van der Waals surface area contributed by atoms with Gasteiger partial charge in [-0.2, -0.15) is 8.42 Å². The number of hydrogen-bond donors (Lipinski definition) is 2. The number of rotatable bonds is 8. The van der Waals surface area contributed by atoms with E-state index in [4.69, 9.17) is 24.7 Å². The Morgan fingerprint density at radius 1 is 1.28 bits per heavy atom. The minimum atomic E-state index is -4.70. The molecule has 17 heteroatoms. The van der Waals surface area contributed by atoms with Crippen molar-refractivity contribution >= 4 is 90.5 Å². The molecule has 2 aliphatic rings. The van der Waals surface area contributed by atoms with Gasteiger partial charge >= 0.3 is 40.0 Å². The summed E-state index contributed by atoms with van der Waals surface area (Å²) >= 11 is 5.05. The average molecular weight is 654 g/mol. The van der Waals surface area contributed by atoms with Crippen molar-refractivity contribution in [3.05, 3.63) is 22.9 Å². The number of aromatic nitrogens is 4. The molecule has 3 N–H and O–H groups in total. The molecule has 1 aromatic carbocycles. The van der Waals surface area contributed by atoms with Gasteiger partial charge in [-0.3, -0.25) is 9.35 Å². The summed E-state index contributed by atoms with van der Waals surface area (Å²) in [6.45, 7) is 3.04. The van der Waals surface area contributed by atoms with Gasteiger partial charge in [0.25, 0.3) is 5.91 Å². The number of fused-ring (bicyclic) bond motifs is 2. The molecule has 2 aliphatic heterocycles. The Morgan fingerprint density at radius 2 is 1.97 bits per heavy atom. The maximum atomic E-state index is 12.5. The van der Waals surface area contributed by atoms with Crippen LogP contribution in [0.25, 0.3) is 11.2 Å². The summed E-state index contributed by atoms with van der Waals surface area (Å²) in [6.07, 6.45) is 2.43. The summed E-state index contributed by atoms with van der Waals surface area (Å²) in [4.78, 5) is 28.2. The summed E-state index contributed by atoms with van der Waals surface area (Å²) < 4.78 is 48.9. The number of aryl methyl sites for hydroxylation is 1. The van der Waals surface area contributed by atoms with Crippen molar-refractivity contribution in [2.75, 3.05) is 25.6 Å². The van der Waals surface area contributed by atoms with E-state index in [0.717, 1.165) is 28.6 Å². The second-order valence-corrected chi connectivity index (χ2v) is 11.8. The van der Waals surface area contributed by atoms with Crippen LogP contribution in [-0.4, -0.2) is 98.8 Å². The van der Waals surface area contributed by atoms with Crippen molar-refractivity contribution in [2.45, 2.75) is 48.9 Å². The molecule has 0 saturated carbocycles. The number of nitrogens with zero attached hydrogens (tertiary/aromatic N) is 5. The third-order valence-corrected chi connectivity index (χ3v) is 8.96. The van der Waals surface area contributed by atoms with Gasteiger partial charge in [-0.15, -0.1) is 0 Å². The molecule has 2 aromatic heterocycles. The van der Waals surface area contributed by atoms with Gasteiger partial charge in [0.15, 0.2) is 39.7 Å².